The molecular weight excluding hydrogens is 328 g/mol. The second kappa shape index (κ2) is 7.25. The van der Waals surface area contributed by atoms with Crippen LogP contribution in [-0.4, -0.2) is 22.4 Å². The molecule has 0 heterocycles. The van der Waals surface area contributed by atoms with Gasteiger partial charge in [0.05, 0.1) is 21.5 Å². The molecule has 1 aromatic carbocycles. The van der Waals surface area contributed by atoms with Crippen molar-refractivity contribution >= 4 is 17.3 Å². The van der Waals surface area contributed by atoms with Crippen molar-refractivity contribution in [3.63, 3.8) is 0 Å². The molecule has 0 spiro atoms. The van der Waals surface area contributed by atoms with E-state index < -0.39 is 27.2 Å². The number of allylic oxidation sites excluding steroid dienone is 2. The van der Waals surface area contributed by atoms with E-state index in [2.05, 4.69) is 6.58 Å². The van der Waals surface area contributed by atoms with E-state index in [1.54, 1.807) is 0 Å². The van der Waals surface area contributed by atoms with Crippen molar-refractivity contribution in [1.82, 2.24) is 0 Å². The third-order valence-corrected chi connectivity index (χ3v) is 4.29. The maximum Gasteiger partial charge on any atom is 0.338 e. The molecule has 25 heavy (non-hydrogen) atoms. The Morgan fingerprint density at radius 1 is 1.24 bits per heavy atom. The van der Waals surface area contributed by atoms with Crippen LogP contribution in [0.1, 0.15) is 37.0 Å². The van der Waals surface area contributed by atoms with Crippen molar-refractivity contribution in [2.24, 2.45) is 5.92 Å². The first-order valence-corrected chi connectivity index (χ1v) is 7.65. The fourth-order valence-corrected chi connectivity index (χ4v) is 2.91. The quantitative estimate of drug-likeness (QED) is 0.333. The van der Waals surface area contributed by atoms with Crippen LogP contribution in [0, 0.1) is 26.1 Å². The van der Waals surface area contributed by atoms with Crippen molar-refractivity contribution in [3.8, 4) is 0 Å². The van der Waals surface area contributed by atoms with E-state index in [0.29, 0.717) is 0 Å². The maximum atomic E-state index is 12.2. The minimum Gasteiger partial charge on any atom is -0.458 e. The molecule has 0 aliphatic heterocycles. The van der Waals surface area contributed by atoms with Crippen molar-refractivity contribution in [2.45, 2.75) is 26.7 Å². The summed E-state index contributed by atoms with van der Waals surface area (Å²) in [5, 5.41) is 21.8. The lowest BCUT2D eigenvalue weighted by Crippen LogP contribution is -2.13. The number of carbonyl (C=O) groups is 1. The van der Waals surface area contributed by atoms with Gasteiger partial charge in [0.25, 0.3) is 11.4 Å². The number of hydrogen-bond donors (Lipinski definition) is 0. The number of nitro groups is 2. The minimum atomic E-state index is -0.834. The zero-order valence-corrected chi connectivity index (χ0v) is 14.0. The van der Waals surface area contributed by atoms with Gasteiger partial charge in [0.1, 0.15) is 6.61 Å². The summed E-state index contributed by atoms with van der Waals surface area (Å²) in [5.74, 6) is -0.688. The first kappa shape index (κ1) is 18.3. The van der Waals surface area contributed by atoms with Crippen LogP contribution in [0.2, 0.25) is 0 Å². The molecule has 1 aromatic rings. The Morgan fingerprint density at radius 3 is 2.28 bits per heavy atom. The Bertz CT molecular complexity index is 764. The summed E-state index contributed by atoms with van der Waals surface area (Å²) in [6.07, 6.45) is 1.81. The Balaban J connectivity index is 2.21. The van der Waals surface area contributed by atoms with Gasteiger partial charge in [-0.25, -0.2) is 4.79 Å². The van der Waals surface area contributed by atoms with Crippen molar-refractivity contribution in [3.05, 3.63) is 67.3 Å². The number of ether oxygens (including phenoxy) is 1. The highest BCUT2D eigenvalue weighted by Gasteiger charge is 2.26. The van der Waals surface area contributed by atoms with Crippen LogP contribution in [0.25, 0.3) is 0 Å². The zero-order chi connectivity index (χ0) is 18.7. The highest BCUT2D eigenvalue weighted by Crippen LogP contribution is 2.36. The second-order valence-electron chi connectivity index (χ2n) is 6.07. The van der Waals surface area contributed by atoms with E-state index in [4.69, 9.17) is 4.74 Å². The molecule has 0 amide bonds. The maximum absolute atomic E-state index is 12.2. The number of nitrogens with zero attached hydrogens (tertiary/aromatic N) is 2. The van der Waals surface area contributed by atoms with E-state index in [0.717, 1.165) is 47.8 Å². The molecule has 1 aliphatic carbocycles. The number of rotatable bonds is 6. The SMILES string of the molecule is C=C(C)[C@@H]1CCC(C)=C1COC(=O)c1cc([N+](=O)[O-])cc([N+](=O)[O-])c1. The van der Waals surface area contributed by atoms with Crippen LogP contribution in [0.4, 0.5) is 11.4 Å². The highest BCUT2D eigenvalue weighted by molar-refractivity contribution is 5.91. The largest absolute Gasteiger partial charge is 0.458 e. The molecule has 0 N–H and O–H groups in total. The van der Waals surface area contributed by atoms with Crippen LogP contribution >= 0.6 is 0 Å². The molecule has 132 valence electrons. The van der Waals surface area contributed by atoms with Gasteiger partial charge in [0.2, 0.25) is 0 Å². The Morgan fingerprint density at radius 2 is 1.80 bits per heavy atom. The summed E-state index contributed by atoms with van der Waals surface area (Å²) in [6.45, 7) is 7.86. The van der Waals surface area contributed by atoms with Gasteiger partial charge in [-0.2, -0.15) is 0 Å². The number of esters is 1. The monoisotopic (exact) mass is 346 g/mol. The molecule has 0 fully saturated rings. The molecule has 0 aromatic heterocycles. The van der Waals surface area contributed by atoms with E-state index in [1.165, 1.54) is 0 Å². The predicted molar refractivity (Wildman–Crippen MR) is 90.3 cm³/mol. The van der Waals surface area contributed by atoms with Crippen LogP contribution in [-0.2, 0) is 4.74 Å². The molecular formula is C17H18N2O6. The highest BCUT2D eigenvalue weighted by atomic mass is 16.6. The third-order valence-electron chi connectivity index (χ3n) is 4.29. The average molecular weight is 346 g/mol. The lowest BCUT2D eigenvalue weighted by molar-refractivity contribution is -0.394. The van der Waals surface area contributed by atoms with Crippen molar-refractivity contribution in [2.75, 3.05) is 6.61 Å². The smallest absolute Gasteiger partial charge is 0.338 e. The van der Waals surface area contributed by atoms with Crippen LogP contribution in [0.3, 0.4) is 0 Å². The van der Waals surface area contributed by atoms with E-state index in [-0.39, 0.29) is 18.1 Å². The molecule has 1 aliphatic rings. The lowest BCUT2D eigenvalue weighted by atomic mass is 9.94. The van der Waals surface area contributed by atoms with Crippen molar-refractivity contribution in [1.29, 1.82) is 0 Å². The molecule has 0 unspecified atom stereocenters. The van der Waals surface area contributed by atoms with Gasteiger partial charge in [-0.3, -0.25) is 20.2 Å². The normalized spacial score (nSPS) is 16.6. The van der Waals surface area contributed by atoms with E-state index in [9.17, 15) is 25.0 Å². The molecule has 0 saturated heterocycles. The molecule has 8 nitrogen and oxygen atoms in total. The van der Waals surface area contributed by atoms with Gasteiger partial charge in [0, 0.05) is 18.1 Å². The fourth-order valence-electron chi connectivity index (χ4n) is 2.91. The standard InChI is InChI=1S/C17H18N2O6/c1-10(2)15-5-4-11(3)16(15)9-25-17(20)12-6-13(18(21)22)8-14(7-12)19(23)24/h6-8,15H,1,4-5,9H2,2-3H3/t15-/m0/s1. The second-order valence-corrected chi connectivity index (χ2v) is 6.07. The van der Waals surface area contributed by atoms with Crippen LogP contribution in [0.15, 0.2) is 41.5 Å². The minimum absolute atomic E-state index is 0.0404. The Kier molecular flexibility index (Phi) is 5.31. The topological polar surface area (TPSA) is 113 Å². The number of nitro benzene ring substituents is 2. The lowest BCUT2D eigenvalue weighted by Gasteiger charge is -2.15. The molecule has 0 bridgehead atoms. The predicted octanol–water partition coefficient (Wildman–Crippen LogP) is 3.96. The van der Waals surface area contributed by atoms with Gasteiger partial charge in [-0.05, 0) is 32.3 Å². The molecule has 2 rings (SSSR count). The first-order valence-electron chi connectivity index (χ1n) is 7.65. The van der Waals surface area contributed by atoms with E-state index in [1.807, 2.05) is 13.8 Å². The molecule has 0 radical (unpaired) electrons. The summed E-state index contributed by atoms with van der Waals surface area (Å²) in [5.41, 5.74) is 1.80. The summed E-state index contributed by atoms with van der Waals surface area (Å²) in [4.78, 5) is 32.4. The summed E-state index contributed by atoms with van der Waals surface area (Å²) in [7, 11) is 0. The zero-order valence-electron chi connectivity index (χ0n) is 14.0. The summed E-state index contributed by atoms with van der Waals surface area (Å²) in [6, 6.07) is 2.75. The number of non-ortho nitro benzene ring substituents is 2. The van der Waals surface area contributed by atoms with Gasteiger partial charge in [-0.1, -0.05) is 17.7 Å². The summed E-state index contributed by atoms with van der Waals surface area (Å²) < 4.78 is 5.25. The van der Waals surface area contributed by atoms with Crippen LogP contribution < -0.4 is 0 Å². The summed E-state index contributed by atoms with van der Waals surface area (Å²) >= 11 is 0. The van der Waals surface area contributed by atoms with Gasteiger partial charge in [0.15, 0.2) is 0 Å². The molecule has 1 atom stereocenters. The third kappa shape index (κ3) is 4.09. The Labute approximate surface area is 144 Å². The number of hydrogen-bond acceptors (Lipinski definition) is 6. The van der Waals surface area contributed by atoms with Crippen molar-refractivity contribution < 1.29 is 19.4 Å². The molecule has 8 heteroatoms. The number of benzene rings is 1. The Hall–Kier alpha value is -3.03. The number of carbonyl (C=O) groups excluding carboxylic acids is 1. The first-order chi connectivity index (χ1) is 11.7. The molecule has 0 saturated carbocycles. The van der Waals surface area contributed by atoms with Crippen LogP contribution in [0.5, 0.6) is 0 Å². The fraction of sp³-hybridized carbons (Fsp3) is 0.353. The van der Waals surface area contributed by atoms with E-state index >= 15 is 0 Å². The average Bonchev–Trinajstić information content (AvgIpc) is 2.93. The van der Waals surface area contributed by atoms with Gasteiger partial charge < -0.3 is 4.74 Å². The van der Waals surface area contributed by atoms with Gasteiger partial charge in [-0.15, -0.1) is 0 Å². The van der Waals surface area contributed by atoms with Gasteiger partial charge >= 0.3 is 5.97 Å².